The molecule has 1 aromatic heterocycles. The van der Waals surface area contributed by atoms with Gasteiger partial charge in [-0.25, -0.2) is 4.79 Å². The van der Waals surface area contributed by atoms with Gasteiger partial charge in [-0.1, -0.05) is 23.5 Å². The van der Waals surface area contributed by atoms with Crippen molar-refractivity contribution < 1.29 is 27.8 Å². The number of aliphatic carboxylic acids is 1. The molecule has 0 radical (unpaired) electrons. The highest BCUT2D eigenvalue weighted by molar-refractivity contribution is 7.17. The normalized spacial score (nSPS) is 13.2. The van der Waals surface area contributed by atoms with Gasteiger partial charge in [-0.05, 0) is 75.2 Å². The van der Waals surface area contributed by atoms with E-state index in [1.54, 1.807) is 11.3 Å². The highest BCUT2D eigenvalue weighted by atomic mass is 32.1. The van der Waals surface area contributed by atoms with Gasteiger partial charge in [0.2, 0.25) is 0 Å². The first-order valence-electron chi connectivity index (χ1n) is 10.8. The molecule has 2 N–H and O–H groups in total. The molecule has 3 aromatic rings. The van der Waals surface area contributed by atoms with Gasteiger partial charge >= 0.3 is 12.1 Å². The fourth-order valence-corrected chi connectivity index (χ4v) is 4.21. The molecule has 1 aliphatic heterocycles. The smallest absolute Gasteiger partial charge is 0.490 e. The number of alkyl halides is 3. The van der Waals surface area contributed by atoms with Crippen molar-refractivity contribution in [3.05, 3.63) is 53.1 Å². The third-order valence-corrected chi connectivity index (χ3v) is 5.99. The van der Waals surface area contributed by atoms with E-state index in [-0.39, 0.29) is 6.10 Å². The second-order valence-corrected chi connectivity index (χ2v) is 8.92. The number of carboxylic acid groups (broad SMARTS) is 1. The van der Waals surface area contributed by atoms with Gasteiger partial charge in [-0.2, -0.15) is 18.4 Å². The van der Waals surface area contributed by atoms with Gasteiger partial charge in [0, 0.05) is 11.1 Å². The Bertz CT molecular complexity index is 1240. The van der Waals surface area contributed by atoms with Crippen LogP contribution in [0.3, 0.4) is 0 Å². The number of carboxylic acids is 1. The number of benzene rings is 2. The van der Waals surface area contributed by atoms with E-state index in [9.17, 15) is 18.4 Å². The molecule has 0 spiro atoms. The largest absolute Gasteiger partial charge is 0.490 e. The summed E-state index contributed by atoms with van der Waals surface area (Å²) in [5, 5.41) is 30.5. The van der Waals surface area contributed by atoms with Gasteiger partial charge in [0.25, 0.3) is 0 Å². The summed E-state index contributed by atoms with van der Waals surface area (Å²) in [6, 6.07) is 14.4. The van der Waals surface area contributed by atoms with Crippen LogP contribution in [0, 0.1) is 11.3 Å². The van der Waals surface area contributed by atoms with Crippen molar-refractivity contribution in [2.75, 3.05) is 13.1 Å². The van der Waals surface area contributed by atoms with Gasteiger partial charge in [-0.15, -0.1) is 10.2 Å². The molecular formula is C24H23F3N4O3S. The van der Waals surface area contributed by atoms with Crippen LogP contribution in [0.15, 0.2) is 36.4 Å². The maximum Gasteiger partial charge on any atom is 0.490 e. The van der Waals surface area contributed by atoms with Crippen LogP contribution in [0.2, 0.25) is 0 Å². The summed E-state index contributed by atoms with van der Waals surface area (Å²) in [6.07, 6.45) is -2.95. The number of nitrogens with one attached hydrogen (secondary N) is 1. The molecule has 0 saturated heterocycles. The number of fused-ring (bicyclic) bond motifs is 1. The summed E-state index contributed by atoms with van der Waals surface area (Å²) < 4.78 is 37.4. The maximum absolute atomic E-state index is 10.6. The Balaban J connectivity index is 0.000000429. The number of hydrogen-bond donors (Lipinski definition) is 2. The van der Waals surface area contributed by atoms with Crippen LogP contribution in [-0.4, -0.2) is 46.6 Å². The minimum absolute atomic E-state index is 0.0227. The van der Waals surface area contributed by atoms with E-state index in [1.165, 1.54) is 11.1 Å². The Morgan fingerprint density at radius 3 is 2.23 bits per heavy atom. The molecule has 2 aromatic carbocycles. The molecule has 0 amide bonds. The number of halogens is 3. The molecule has 0 bridgehead atoms. The van der Waals surface area contributed by atoms with Crippen LogP contribution in [0.25, 0.3) is 21.1 Å². The lowest BCUT2D eigenvalue weighted by molar-refractivity contribution is -0.192. The van der Waals surface area contributed by atoms with E-state index < -0.39 is 12.1 Å². The first-order valence-corrected chi connectivity index (χ1v) is 11.6. The quantitative estimate of drug-likeness (QED) is 0.523. The number of rotatable bonds is 4. The zero-order valence-corrected chi connectivity index (χ0v) is 19.8. The van der Waals surface area contributed by atoms with E-state index in [0.717, 1.165) is 47.1 Å². The molecule has 0 aliphatic carbocycles. The Morgan fingerprint density at radius 2 is 1.66 bits per heavy atom. The van der Waals surface area contributed by atoms with Crippen molar-refractivity contribution in [3.8, 4) is 33.0 Å². The minimum Gasteiger partial charge on any atom is -0.490 e. The number of aromatic nitrogens is 2. The molecule has 11 heteroatoms. The van der Waals surface area contributed by atoms with E-state index in [1.807, 2.05) is 32.0 Å². The summed E-state index contributed by atoms with van der Waals surface area (Å²) in [6.45, 7) is 5.94. The Hall–Kier alpha value is -3.49. The molecule has 0 unspecified atom stereocenters. The van der Waals surface area contributed by atoms with E-state index in [4.69, 9.17) is 14.6 Å². The van der Waals surface area contributed by atoms with Crippen LogP contribution in [0.4, 0.5) is 13.2 Å². The average Bonchev–Trinajstić information content (AvgIpc) is 3.18. The molecule has 4 rings (SSSR count). The van der Waals surface area contributed by atoms with Gasteiger partial charge in [0.15, 0.2) is 0 Å². The van der Waals surface area contributed by atoms with Crippen molar-refractivity contribution in [3.63, 3.8) is 0 Å². The summed E-state index contributed by atoms with van der Waals surface area (Å²) in [4.78, 5) is 8.90. The summed E-state index contributed by atoms with van der Waals surface area (Å²) in [5.41, 5.74) is 5.31. The first kappa shape index (κ1) is 26.1. The molecule has 184 valence electrons. The zero-order chi connectivity index (χ0) is 25.6. The van der Waals surface area contributed by atoms with Crippen molar-refractivity contribution in [2.45, 2.75) is 39.0 Å². The number of carbonyl (C=O) groups is 1. The molecular weight excluding hydrogens is 481 g/mol. The Morgan fingerprint density at radius 1 is 1.09 bits per heavy atom. The number of nitrogens with zero attached hydrogens (tertiary/aromatic N) is 3. The molecule has 1 aliphatic rings. The van der Waals surface area contributed by atoms with Gasteiger partial charge < -0.3 is 15.2 Å². The van der Waals surface area contributed by atoms with Crippen LogP contribution >= 0.6 is 11.3 Å². The van der Waals surface area contributed by atoms with Gasteiger partial charge in [0.05, 0.1) is 11.7 Å². The molecule has 0 fully saturated rings. The molecule has 7 nitrogen and oxygen atoms in total. The molecule has 35 heavy (non-hydrogen) atoms. The zero-order valence-electron chi connectivity index (χ0n) is 19.0. The summed E-state index contributed by atoms with van der Waals surface area (Å²) in [5.74, 6) is -2.15. The summed E-state index contributed by atoms with van der Waals surface area (Å²) >= 11 is 1.55. The third-order valence-electron chi connectivity index (χ3n) is 4.97. The first-order chi connectivity index (χ1) is 16.6. The fraction of sp³-hybridized carbons (Fsp3) is 0.333. The lowest BCUT2D eigenvalue weighted by atomic mass is 10.0. The molecule has 0 atom stereocenters. The topological polar surface area (TPSA) is 108 Å². The van der Waals surface area contributed by atoms with Crippen molar-refractivity contribution >= 4 is 17.3 Å². The second kappa shape index (κ2) is 11.3. The SMILES string of the molecule is CC(C)Oc1ccc(-c2nnc(-c3ccc4c(c3)CCNCC4)s2)cc1C#N.O=C(O)C(F)(F)F. The summed E-state index contributed by atoms with van der Waals surface area (Å²) in [7, 11) is 0. The number of hydrogen-bond acceptors (Lipinski definition) is 7. The predicted octanol–water partition coefficient (Wildman–Crippen LogP) is 4.85. The van der Waals surface area contributed by atoms with E-state index in [2.05, 4.69) is 39.8 Å². The second-order valence-electron chi connectivity index (χ2n) is 7.94. The fourth-order valence-electron chi connectivity index (χ4n) is 3.37. The third kappa shape index (κ3) is 7.00. The van der Waals surface area contributed by atoms with Crippen LogP contribution < -0.4 is 10.1 Å². The average molecular weight is 505 g/mol. The van der Waals surface area contributed by atoms with Gasteiger partial charge in [-0.3, -0.25) is 0 Å². The Kier molecular flexibility index (Phi) is 8.43. The van der Waals surface area contributed by atoms with Crippen molar-refractivity contribution in [2.24, 2.45) is 0 Å². The monoisotopic (exact) mass is 504 g/mol. The highest BCUT2D eigenvalue weighted by Gasteiger charge is 2.38. The minimum atomic E-state index is -5.08. The number of nitriles is 1. The standard InChI is InChI=1S/C22H22N4OS.C2HF3O2/c1-14(2)27-20-6-5-18(12-19(20)13-23)22-26-25-21(28-22)17-4-3-15-7-9-24-10-8-16(15)11-17;3-2(4,5)1(6)7/h3-6,11-12,14,24H,7-10H2,1-2H3;(H,6,7). The molecule has 0 saturated carbocycles. The predicted molar refractivity (Wildman–Crippen MR) is 125 cm³/mol. The van der Waals surface area contributed by atoms with E-state index in [0.29, 0.717) is 11.3 Å². The van der Waals surface area contributed by atoms with E-state index >= 15 is 0 Å². The number of ether oxygens (including phenoxy) is 1. The molecule has 2 heterocycles. The lowest BCUT2D eigenvalue weighted by Gasteiger charge is -2.11. The van der Waals surface area contributed by atoms with Crippen LogP contribution in [0.5, 0.6) is 5.75 Å². The lowest BCUT2D eigenvalue weighted by Crippen LogP contribution is -2.21. The van der Waals surface area contributed by atoms with Gasteiger partial charge in [0.1, 0.15) is 21.8 Å². The van der Waals surface area contributed by atoms with Crippen LogP contribution in [0.1, 0.15) is 30.5 Å². The Labute approximate surface area is 204 Å². The maximum atomic E-state index is 10.6. The van der Waals surface area contributed by atoms with Crippen molar-refractivity contribution in [1.29, 1.82) is 5.26 Å². The highest BCUT2D eigenvalue weighted by Crippen LogP contribution is 2.33. The van der Waals surface area contributed by atoms with Crippen molar-refractivity contribution in [1.82, 2.24) is 15.5 Å². The van der Waals surface area contributed by atoms with Crippen LogP contribution in [-0.2, 0) is 17.6 Å².